The Balaban J connectivity index is 2.28. The Morgan fingerprint density at radius 1 is 1.48 bits per heavy atom. The summed E-state index contributed by atoms with van der Waals surface area (Å²) in [5.41, 5.74) is 0.685. The molecule has 3 rings (SSSR count). The lowest BCUT2D eigenvalue weighted by molar-refractivity contribution is 0.361. The SMILES string of the molecule is CC(Cl)c1nc2cc(Cl)cnc2n1C1(C)CCS(=O)(=O)C1. The van der Waals surface area contributed by atoms with Gasteiger partial charge in [0.1, 0.15) is 11.3 Å². The molecular weight excluding hydrogens is 333 g/mol. The smallest absolute Gasteiger partial charge is 0.160 e. The first-order valence-corrected chi connectivity index (χ1v) is 9.24. The van der Waals surface area contributed by atoms with Gasteiger partial charge in [-0.15, -0.1) is 11.6 Å². The monoisotopic (exact) mass is 347 g/mol. The molecule has 21 heavy (non-hydrogen) atoms. The quantitative estimate of drug-likeness (QED) is 0.783. The Labute approximate surface area is 133 Å². The average molecular weight is 348 g/mol. The Hall–Kier alpha value is -0.850. The van der Waals surface area contributed by atoms with Crippen molar-refractivity contribution < 1.29 is 8.42 Å². The van der Waals surface area contributed by atoms with Crippen molar-refractivity contribution in [1.82, 2.24) is 14.5 Å². The molecule has 1 aliphatic heterocycles. The van der Waals surface area contributed by atoms with Gasteiger partial charge in [-0.1, -0.05) is 11.6 Å². The fourth-order valence-corrected chi connectivity index (χ4v) is 5.34. The maximum Gasteiger partial charge on any atom is 0.160 e. The van der Waals surface area contributed by atoms with Crippen LogP contribution in [0.1, 0.15) is 31.5 Å². The minimum atomic E-state index is -3.04. The van der Waals surface area contributed by atoms with Gasteiger partial charge in [0, 0.05) is 6.20 Å². The third-order valence-electron chi connectivity index (χ3n) is 3.87. The van der Waals surface area contributed by atoms with Crippen LogP contribution in [0.15, 0.2) is 12.3 Å². The van der Waals surface area contributed by atoms with E-state index in [4.69, 9.17) is 23.2 Å². The molecule has 0 bridgehead atoms. The topological polar surface area (TPSA) is 64.8 Å². The van der Waals surface area contributed by atoms with E-state index >= 15 is 0 Å². The molecule has 2 unspecified atom stereocenters. The number of hydrogen-bond donors (Lipinski definition) is 0. The third kappa shape index (κ3) is 2.53. The molecule has 0 amide bonds. The summed E-state index contributed by atoms with van der Waals surface area (Å²) < 4.78 is 25.7. The van der Waals surface area contributed by atoms with Crippen LogP contribution in [0.5, 0.6) is 0 Å². The van der Waals surface area contributed by atoms with Crippen LogP contribution < -0.4 is 0 Å². The van der Waals surface area contributed by atoms with Crippen molar-refractivity contribution in [2.24, 2.45) is 0 Å². The van der Waals surface area contributed by atoms with Gasteiger partial charge in [0.2, 0.25) is 0 Å². The molecule has 1 saturated heterocycles. The summed E-state index contributed by atoms with van der Waals surface area (Å²) in [6.45, 7) is 3.73. The van der Waals surface area contributed by atoms with Crippen molar-refractivity contribution in [2.75, 3.05) is 11.5 Å². The van der Waals surface area contributed by atoms with Crippen molar-refractivity contribution in [3.8, 4) is 0 Å². The molecule has 3 heterocycles. The maximum atomic E-state index is 11.9. The first-order chi connectivity index (χ1) is 9.72. The Morgan fingerprint density at radius 3 is 2.76 bits per heavy atom. The highest BCUT2D eigenvalue weighted by Gasteiger charge is 2.42. The molecule has 8 heteroatoms. The number of imidazole rings is 1. The predicted octanol–water partition coefficient (Wildman–Crippen LogP) is 2.92. The van der Waals surface area contributed by atoms with Crippen LogP contribution in [0, 0.1) is 0 Å². The van der Waals surface area contributed by atoms with E-state index in [1.54, 1.807) is 6.07 Å². The van der Waals surface area contributed by atoms with Crippen molar-refractivity contribution in [2.45, 2.75) is 31.2 Å². The van der Waals surface area contributed by atoms with E-state index in [0.717, 1.165) is 0 Å². The first kappa shape index (κ1) is 15.1. The van der Waals surface area contributed by atoms with E-state index in [-0.39, 0.29) is 16.9 Å². The molecule has 1 aliphatic rings. The van der Waals surface area contributed by atoms with E-state index in [1.165, 1.54) is 6.20 Å². The van der Waals surface area contributed by atoms with Gasteiger partial charge in [-0.2, -0.15) is 0 Å². The zero-order valence-corrected chi connectivity index (χ0v) is 14.0. The fourth-order valence-electron chi connectivity index (χ4n) is 2.93. The molecule has 0 N–H and O–H groups in total. The molecular formula is C13H15Cl2N3O2S. The van der Waals surface area contributed by atoms with Crippen molar-refractivity contribution >= 4 is 44.2 Å². The van der Waals surface area contributed by atoms with Gasteiger partial charge in [0.25, 0.3) is 0 Å². The molecule has 0 saturated carbocycles. The van der Waals surface area contributed by atoms with Crippen LogP contribution in [-0.2, 0) is 15.4 Å². The van der Waals surface area contributed by atoms with Crippen LogP contribution in [-0.4, -0.2) is 34.5 Å². The highest BCUT2D eigenvalue weighted by Crippen LogP contribution is 2.37. The largest absolute Gasteiger partial charge is 0.304 e. The van der Waals surface area contributed by atoms with E-state index in [9.17, 15) is 8.42 Å². The van der Waals surface area contributed by atoms with Crippen LogP contribution in [0.3, 0.4) is 0 Å². The second-order valence-corrected chi connectivity index (χ2v) is 9.03. The highest BCUT2D eigenvalue weighted by molar-refractivity contribution is 7.91. The summed E-state index contributed by atoms with van der Waals surface area (Å²) in [4.78, 5) is 8.84. The van der Waals surface area contributed by atoms with Crippen molar-refractivity contribution in [3.63, 3.8) is 0 Å². The minimum absolute atomic E-state index is 0.0758. The minimum Gasteiger partial charge on any atom is -0.304 e. The number of sulfone groups is 1. The van der Waals surface area contributed by atoms with Gasteiger partial charge in [-0.3, -0.25) is 0 Å². The Bertz CT molecular complexity index is 816. The summed E-state index contributed by atoms with van der Waals surface area (Å²) in [5.74, 6) is 0.875. The van der Waals surface area contributed by atoms with E-state index in [2.05, 4.69) is 9.97 Å². The summed E-state index contributed by atoms with van der Waals surface area (Å²) in [7, 11) is -3.04. The van der Waals surface area contributed by atoms with E-state index < -0.39 is 15.4 Å². The number of aromatic nitrogens is 3. The molecule has 0 radical (unpaired) electrons. The molecule has 2 atom stereocenters. The molecule has 0 aliphatic carbocycles. The van der Waals surface area contributed by atoms with Crippen LogP contribution in [0.25, 0.3) is 11.2 Å². The molecule has 0 spiro atoms. The zero-order valence-electron chi connectivity index (χ0n) is 11.7. The first-order valence-electron chi connectivity index (χ1n) is 6.61. The number of nitrogens with zero attached hydrogens (tertiary/aromatic N) is 3. The lowest BCUT2D eigenvalue weighted by Gasteiger charge is -2.27. The molecule has 1 fully saturated rings. The van der Waals surface area contributed by atoms with Gasteiger partial charge in [-0.25, -0.2) is 18.4 Å². The number of rotatable bonds is 2. The predicted molar refractivity (Wildman–Crippen MR) is 83.7 cm³/mol. The Morgan fingerprint density at radius 2 is 2.19 bits per heavy atom. The standard InChI is InChI=1S/C13H15Cl2N3O2S/c1-8(14)11-17-10-5-9(15)6-16-12(10)18(11)13(2)3-4-21(19,20)7-13/h5-6,8H,3-4,7H2,1-2H3. The van der Waals surface area contributed by atoms with Crippen LogP contribution in [0.4, 0.5) is 0 Å². The number of fused-ring (bicyclic) bond motifs is 1. The highest BCUT2D eigenvalue weighted by atomic mass is 35.5. The van der Waals surface area contributed by atoms with Gasteiger partial charge < -0.3 is 4.57 Å². The van der Waals surface area contributed by atoms with Crippen LogP contribution in [0.2, 0.25) is 5.02 Å². The normalized spacial score (nSPS) is 26.3. The molecule has 2 aromatic rings. The lowest BCUT2D eigenvalue weighted by atomic mass is 10.0. The van der Waals surface area contributed by atoms with Crippen LogP contribution >= 0.6 is 23.2 Å². The third-order valence-corrected chi connectivity index (χ3v) is 6.16. The number of halogens is 2. The number of pyridine rings is 1. The van der Waals surface area contributed by atoms with Gasteiger partial charge in [0.15, 0.2) is 15.5 Å². The Kier molecular flexibility index (Phi) is 3.46. The zero-order chi connectivity index (χ0) is 15.4. The maximum absolute atomic E-state index is 11.9. The second kappa shape index (κ2) is 4.83. The fraction of sp³-hybridized carbons (Fsp3) is 0.538. The van der Waals surface area contributed by atoms with Crippen molar-refractivity contribution in [1.29, 1.82) is 0 Å². The van der Waals surface area contributed by atoms with E-state index in [0.29, 0.717) is 28.4 Å². The van der Waals surface area contributed by atoms with Gasteiger partial charge >= 0.3 is 0 Å². The van der Waals surface area contributed by atoms with Crippen molar-refractivity contribution in [3.05, 3.63) is 23.1 Å². The van der Waals surface area contributed by atoms with Gasteiger partial charge in [0.05, 0.1) is 27.4 Å². The summed E-state index contributed by atoms with van der Waals surface area (Å²) in [5, 5.41) is 0.142. The number of hydrogen-bond acceptors (Lipinski definition) is 4. The van der Waals surface area contributed by atoms with E-state index in [1.807, 2.05) is 18.4 Å². The number of alkyl halides is 1. The summed E-state index contributed by atoms with van der Waals surface area (Å²) in [6.07, 6.45) is 2.07. The summed E-state index contributed by atoms with van der Waals surface area (Å²) in [6, 6.07) is 1.72. The second-order valence-electron chi connectivity index (χ2n) is 5.76. The molecule has 5 nitrogen and oxygen atoms in total. The lowest BCUT2D eigenvalue weighted by Crippen LogP contribution is -2.33. The van der Waals surface area contributed by atoms with Gasteiger partial charge in [-0.05, 0) is 26.3 Å². The molecule has 2 aromatic heterocycles. The molecule has 114 valence electrons. The summed E-state index contributed by atoms with van der Waals surface area (Å²) >= 11 is 12.2. The molecule has 0 aromatic carbocycles. The average Bonchev–Trinajstić information content (AvgIpc) is 2.87.